The van der Waals surface area contributed by atoms with Crippen molar-refractivity contribution in [3.8, 4) is 0 Å². The molecule has 0 bridgehead atoms. The lowest BCUT2D eigenvalue weighted by Crippen LogP contribution is -2.33. The van der Waals surface area contributed by atoms with E-state index < -0.39 is 0 Å². The summed E-state index contributed by atoms with van der Waals surface area (Å²) in [5, 5.41) is 4.76. The maximum atomic E-state index is 5.93. The molecule has 0 atom stereocenters. The summed E-state index contributed by atoms with van der Waals surface area (Å²) in [6.45, 7) is 7.17. The molecule has 96 valence electrons. The first-order valence-electron chi connectivity index (χ1n) is 5.85. The van der Waals surface area contributed by atoms with E-state index in [1.165, 1.54) is 0 Å². The number of nitrogens with zero attached hydrogens (tertiary/aromatic N) is 1. The van der Waals surface area contributed by atoms with Crippen LogP contribution >= 0.6 is 23.2 Å². The molecular formula is C13H20Cl2N2. The van der Waals surface area contributed by atoms with Crippen molar-refractivity contribution in [2.45, 2.75) is 26.4 Å². The third kappa shape index (κ3) is 5.73. The van der Waals surface area contributed by atoms with E-state index in [0.717, 1.165) is 25.2 Å². The highest BCUT2D eigenvalue weighted by Gasteiger charge is 2.02. The second-order valence-electron chi connectivity index (χ2n) is 4.53. The molecule has 0 aromatic heterocycles. The van der Waals surface area contributed by atoms with Crippen molar-refractivity contribution in [1.82, 2.24) is 10.2 Å². The molecule has 0 aliphatic rings. The second kappa shape index (κ2) is 7.22. The molecule has 0 aliphatic carbocycles. The third-order valence-electron chi connectivity index (χ3n) is 2.77. The predicted molar refractivity (Wildman–Crippen MR) is 75.9 cm³/mol. The standard InChI is InChI=1S/C13H20Cl2N2/c1-10(2)17(3)5-4-16-9-11-6-12(14)8-13(15)7-11/h6-8,10,16H,4-5,9H2,1-3H3. The Balaban J connectivity index is 2.31. The maximum Gasteiger partial charge on any atom is 0.0424 e. The molecule has 0 spiro atoms. The number of benzene rings is 1. The molecule has 0 aliphatic heterocycles. The van der Waals surface area contributed by atoms with Gasteiger partial charge in [0, 0.05) is 35.7 Å². The van der Waals surface area contributed by atoms with Crippen LogP contribution in [0.2, 0.25) is 10.0 Å². The molecule has 4 heteroatoms. The molecule has 0 heterocycles. The Morgan fingerprint density at radius 2 is 1.76 bits per heavy atom. The van der Waals surface area contributed by atoms with Gasteiger partial charge < -0.3 is 10.2 Å². The molecule has 0 saturated heterocycles. The number of hydrogen-bond acceptors (Lipinski definition) is 2. The zero-order chi connectivity index (χ0) is 12.8. The lowest BCUT2D eigenvalue weighted by Gasteiger charge is -2.20. The van der Waals surface area contributed by atoms with E-state index >= 15 is 0 Å². The monoisotopic (exact) mass is 274 g/mol. The number of likely N-dealkylation sites (N-methyl/N-ethyl adjacent to an activating group) is 1. The van der Waals surface area contributed by atoms with Gasteiger partial charge in [-0.3, -0.25) is 0 Å². The summed E-state index contributed by atoms with van der Waals surface area (Å²) in [5.41, 5.74) is 1.12. The zero-order valence-electron chi connectivity index (χ0n) is 10.6. The highest BCUT2D eigenvalue weighted by atomic mass is 35.5. The minimum absolute atomic E-state index is 0.581. The van der Waals surface area contributed by atoms with E-state index in [9.17, 15) is 0 Å². The van der Waals surface area contributed by atoms with E-state index in [0.29, 0.717) is 16.1 Å². The Morgan fingerprint density at radius 1 is 1.18 bits per heavy atom. The average molecular weight is 275 g/mol. The fourth-order valence-electron chi connectivity index (χ4n) is 1.46. The first-order chi connectivity index (χ1) is 7.99. The van der Waals surface area contributed by atoms with Crippen LogP contribution in [0, 0.1) is 0 Å². The molecule has 2 nitrogen and oxygen atoms in total. The van der Waals surface area contributed by atoms with Gasteiger partial charge in [-0.1, -0.05) is 23.2 Å². The highest BCUT2D eigenvalue weighted by Crippen LogP contribution is 2.18. The van der Waals surface area contributed by atoms with Gasteiger partial charge in [0.25, 0.3) is 0 Å². The van der Waals surface area contributed by atoms with Crippen LogP contribution in [0.3, 0.4) is 0 Å². The molecule has 1 aromatic rings. The van der Waals surface area contributed by atoms with Crippen molar-refractivity contribution >= 4 is 23.2 Å². The highest BCUT2D eigenvalue weighted by molar-refractivity contribution is 6.34. The fourth-order valence-corrected chi connectivity index (χ4v) is 2.03. The SMILES string of the molecule is CC(C)N(C)CCNCc1cc(Cl)cc(Cl)c1. The van der Waals surface area contributed by atoms with Gasteiger partial charge in [0.1, 0.15) is 0 Å². The number of halogens is 2. The van der Waals surface area contributed by atoms with Gasteiger partial charge in [0.15, 0.2) is 0 Å². The van der Waals surface area contributed by atoms with Crippen LogP contribution in [0.5, 0.6) is 0 Å². The summed E-state index contributed by atoms with van der Waals surface area (Å²) >= 11 is 11.9. The van der Waals surface area contributed by atoms with Gasteiger partial charge in [-0.2, -0.15) is 0 Å². The van der Waals surface area contributed by atoms with E-state index in [-0.39, 0.29) is 0 Å². The van der Waals surface area contributed by atoms with E-state index in [2.05, 4.69) is 31.1 Å². The predicted octanol–water partition coefficient (Wildman–Crippen LogP) is 3.42. The van der Waals surface area contributed by atoms with E-state index in [1.807, 2.05) is 12.1 Å². The molecule has 17 heavy (non-hydrogen) atoms. The minimum atomic E-state index is 0.581. The summed E-state index contributed by atoms with van der Waals surface area (Å²) in [6, 6.07) is 6.20. The molecule has 0 fully saturated rings. The fraction of sp³-hybridized carbons (Fsp3) is 0.538. The van der Waals surface area contributed by atoms with Gasteiger partial charge in [-0.15, -0.1) is 0 Å². The topological polar surface area (TPSA) is 15.3 Å². The van der Waals surface area contributed by atoms with Crippen molar-refractivity contribution in [2.24, 2.45) is 0 Å². The summed E-state index contributed by atoms with van der Waals surface area (Å²) in [7, 11) is 2.13. The molecule has 1 aromatic carbocycles. The summed E-state index contributed by atoms with van der Waals surface area (Å²) < 4.78 is 0. The van der Waals surface area contributed by atoms with Gasteiger partial charge in [-0.25, -0.2) is 0 Å². The largest absolute Gasteiger partial charge is 0.311 e. The summed E-state index contributed by atoms with van der Waals surface area (Å²) in [5.74, 6) is 0. The van der Waals surface area contributed by atoms with Gasteiger partial charge in [0.05, 0.1) is 0 Å². The number of rotatable bonds is 6. The Labute approximate surface area is 114 Å². The van der Waals surface area contributed by atoms with Crippen LogP contribution in [-0.4, -0.2) is 31.1 Å². The average Bonchev–Trinajstić information content (AvgIpc) is 2.22. The van der Waals surface area contributed by atoms with Crippen LogP contribution in [0.1, 0.15) is 19.4 Å². The first-order valence-corrected chi connectivity index (χ1v) is 6.60. The quantitative estimate of drug-likeness (QED) is 0.800. The van der Waals surface area contributed by atoms with Gasteiger partial charge in [0.2, 0.25) is 0 Å². The second-order valence-corrected chi connectivity index (χ2v) is 5.40. The van der Waals surface area contributed by atoms with Crippen LogP contribution < -0.4 is 5.32 Å². The number of hydrogen-bond donors (Lipinski definition) is 1. The van der Waals surface area contributed by atoms with Crippen LogP contribution in [0.4, 0.5) is 0 Å². The van der Waals surface area contributed by atoms with Crippen molar-refractivity contribution in [3.05, 3.63) is 33.8 Å². The van der Waals surface area contributed by atoms with Crippen LogP contribution in [-0.2, 0) is 6.54 Å². The Hall–Kier alpha value is -0.280. The lowest BCUT2D eigenvalue weighted by atomic mass is 10.2. The third-order valence-corrected chi connectivity index (χ3v) is 3.21. The van der Waals surface area contributed by atoms with Gasteiger partial charge in [-0.05, 0) is 44.7 Å². The lowest BCUT2D eigenvalue weighted by molar-refractivity contribution is 0.273. The molecule has 0 unspecified atom stereocenters. The Kier molecular flexibility index (Phi) is 6.28. The van der Waals surface area contributed by atoms with Crippen molar-refractivity contribution < 1.29 is 0 Å². The first kappa shape index (κ1) is 14.8. The molecule has 1 N–H and O–H groups in total. The van der Waals surface area contributed by atoms with Crippen LogP contribution in [0.15, 0.2) is 18.2 Å². The van der Waals surface area contributed by atoms with Crippen molar-refractivity contribution in [1.29, 1.82) is 0 Å². The van der Waals surface area contributed by atoms with E-state index in [4.69, 9.17) is 23.2 Å². The number of nitrogens with one attached hydrogen (secondary N) is 1. The van der Waals surface area contributed by atoms with Crippen molar-refractivity contribution in [3.63, 3.8) is 0 Å². The van der Waals surface area contributed by atoms with E-state index in [1.54, 1.807) is 6.07 Å². The molecule has 1 rings (SSSR count). The maximum absolute atomic E-state index is 5.93. The zero-order valence-corrected chi connectivity index (χ0v) is 12.1. The summed E-state index contributed by atoms with van der Waals surface area (Å²) in [4.78, 5) is 2.30. The summed E-state index contributed by atoms with van der Waals surface area (Å²) in [6.07, 6.45) is 0. The van der Waals surface area contributed by atoms with Gasteiger partial charge >= 0.3 is 0 Å². The molecule has 0 saturated carbocycles. The van der Waals surface area contributed by atoms with Crippen LogP contribution in [0.25, 0.3) is 0 Å². The van der Waals surface area contributed by atoms with Crippen molar-refractivity contribution in [2.75, 3.05) is 20.1 Å². The minimum Gasteiger partial charge on any atom is -0.311 e. The molecule has 0 radical (unpaired) electrons. The Bertz CT molecular complexity index is 333. The smallest absolute Gasteiger partial charge is 0.0424 e. The Morgan fingerprint density at radius 3 is 2.29 bits per heavy atom. The molecule has 0 amide bonds. The normalized spacial score (nSPS) is 11.5. The molecular weight excluding hydrogens is 255 g/mol.